The van der Waals surface area contributed by atoms with E-state index in [2.05, 4.69) is 44.0 Å². The summed E-state index contributed by atoms with van der Waals surface area (Å²) < 4.78 is 29.5. The van der Waals surface area contributed by atoms with Gasteiger partial charge in [0.2, 0.25) is 0 Å². The van der Waals surface area contributed by atoms with E-state index in [-0.39, 0.29) is 23.0 Å². The molecular formula is C31H38FN5O3Si. The van der Waals surface area contributed by atoms with Crippen molar-refractivity contribution in [1.29, 1.82) is 0 Å². The molecule has 2 N–H and O–H groups in total. The quantitative estimate of drug-likeness (QED) is 0.118. The molecule has 0 saturated heterocycles. The molecular weight excluding hydrogens is 537 g/mol. The maximum Gasteiger partial charge on any atom is 0.260 e. The second-order valence-electron chi connectivity index (χ2n) is 11.6. The Kier molecular flexibility index (Phi) is 8.65. The van der Waals surface area contributed by atoms with Crippen molar-refractivity contribution in [3.63, 3.8) is 0 Å². The van der Waals surface area contributed by atoms with Gasteiger partial charge in [-0.2, -0.15) is 5.10 Å². The number of hydrogen-bond acceptors (Lipinski definition) is 6. The first kappa shape index (κ1) is 29.9. The van der Waals surface area contributed by atoms with Crippen molar-refractivity contribution in [2.24, 2.45) is 10.9 Å². The third-order valence-electron chi connectivity index (χ3n) is 7.80. The van der Waals surface area contributed by atoms with Crippen LogP contribution in [0, 0.1) is 12.7 Å². The van der Waals surface area contributed by atoms with Gasteiger partial charge in [-0.1, -0.05) is 39.0 Å². The Morgan fingerprint density at radius 3 is 2.44 bits per heavy atom. The van der Waals surface area contributed by atoms with Crippen molar-refractivity contribution in [2.45, 2.75) is 51.9 Å². The van der Waals surface area contributed by atoms with Gasteiger partial charge in [-0.25, -0.2) is 9.37 Å². The molecule has 0 spiro atoms. The van der Waals surface area contributed by atoms with Crippen molar-refractivity contribution in [3.05, 3.63) is 112 Å². The predicted molar refractivity (Wildman–Crippen MR) is 163 cm³/mol. The lowest BCUT2D eigenvalue weighted by Crippen LogP contribution is -2.43. The highest BCUT2D eigenvalue weighted by atomic mass is 28.4. The molecule has 2 heterocycles. The lowest BCUT2D eigenvalue weighted by molar-refractivity contribution is 0.246. The van der Waals surface area contributed by atoms with Gasteiger partial charge in [-0.15, -0.1) is 0 Å². The molecule has 1 unspecified atom stereocenters. The summed E-state index contributed by atoms with van der Waals surface area (Å²) >= 11 is 0. The second kappa shape index (κ2) is 11.8. The van der Waals surface area contributed by atoms with E-state index in [0.717, 1.165) is 16.9 Å². The number of aryl methyl sites for hydroxylation is 1. The van der Waals surface area contributed by atoms with Crippen LogP contribution in [0.15, 0.2) is 83.2 Å². The fraction of sp³-hybridized carbons (Fsp3) is 0.323. The van der Waals surface area contributed by atoms with Crippen molar-refractivity contribution in [1.82, 2.24) is 14.1 Å². The molecule has 4 aromatic rings. The van der Waals surface area contributed by atoms with E-state index in [0.29, 0.717) is 22.6 Å². The summed E-state index contributed by atoms with van der Waals surface area (Å²) in [6.45, 7) is 13.0. The number of rotatable bonds is 9. The number of aromatic nitrogens is 3. The van der Waals surface area contributed by atoms with Crippen molar-refractivity contribution < 1.29 is 13.6 Å². The first-order valence-corrected chi connectivity index (χ1v) is 16.4. The Hall–Kier alpha value is -4.02. The number of imidazole rings is 1. The standard InChI is InChI=1S/C31H38FN5O3Si/c1-21-18-36(20-34-21)26-15-12-23(17-28(26)39-5)29(35-33)25-9-8-16-37(30(25)38)27(22-10-13-24(32)14-11-22)19-40-41(6,7)31(2,3)4/h8-18,20,27H,19,33H2,1-7H3. The Labute approximate surface area is 241 Å². The van der Waals surface area contributed by atoms with E-state index >= 15 is 0 Å². The van der Waals surface area contributed by atoms with Crippen molar-refractivity contribution in [3.8, 4) is 11.4 Å². The first-order valence-electron chi connectivity index (χ1n) is 13.4. The predicted octanol–water partition coefficient (Wildman–Crippen LogP) is 5.81. The summed E-state index contributed by atoms with van der Waals surface area (Å²) in [5.41, 5.74) is 3.39. The Bertz CT molecular complexity index is 1600. The van der Waals surface area contributed by atoms with Crippen LogP contribution < -0.4 is 16.1 Å². The smallest absolute Gasteiger partial charge is 0.260 e. The van der Waals surface area contributed by atoms with E-state index in [4.69, 9.17) is 15.0 Å². The molecule has 2 aromatic carbocycles. The van der Waals surface area contributed by atoms with Gasteiger partial charge in [-0.05, 0) is 67.0 Å². The van der Waals surface area contributed by atoms with Gasteiger partial charge in [0.15, 0.2) is 8.32 Å². The molecule has 4 rings (SSSR count). The summed E-state index contributed by atoms with van der Waals surface area (Å²) in [4.78, 5) is 18.3. The summed E-state index contributed by atoms with van der Waals surface area (Å²) in [5, 5.41) is 4.01. The van der Waals surface area contributed by atoms with Crippen LogP contribution in [0.2, 0.25) is 18.1 Å². The third kappa shape index (κ3) is 6.33. The molecule has 41 heavy (non-hydrogen) atoms. The lowest BCUT2D eigenvalue weighted by atomic mass is 10.0. The number of pyridine rings is 1. The van der Waals surface area contributed by atoms with E-state index in [1.54, 1.807) is 54.5 Å². The van der Waals surface area contributed by atoms with E-state index in [9.17, 15) is 9.18 Å². The monoisotopic (exact) mass is 575 g/mol. The molecule has 8 nitrogen and oxygen atoms in total. The minimum absolute atomic E-state index is 0.0207. The van der Waals surface area contributed by atoms with Crippen LogP contribution in [-0.4, -0.2) is 41.9 Å². The molecule has 0 bridgehead atoms. The van der Waals surface area contributed by atoms with Gasteiger partial charge >= 0.3 is 0 Å². The highest BCUT2D eigenvalue weighted by molar-refractivity contribution is 6.74. The topological polar surface area (TPSA) is 96.7 Å². The molecule has 2 aromatic heterocycles. The number of halogens is 1. The molecule has 0 saturated carbocycles. The van der Waals surface area contributed by atoms with Crippen LogP contribution in [0.4, 0.5) is 4.39 Å². The van der Waals surface area contributed by atoms with E-state index < -0.39 is 14.4 Å². The molecule has 1 atom stereocenters. The van der Waals surface area contributed by atoms with Crippen LogP contribution in [0.1, 0.15) is 49.2 Å². The lowest BCUT2D eigenvalue weighted by Gasteiger charge is -2.37. The van der Waals surface area contributed by atoms with Gasteiger partial charge in [0, 0.05) is 18.0 Å². The molecule has 10 heteroatoms. The fourth-order valence-corrected chi connectivity index (χ4v) is 5.36. The second-order valence-corrected chi connectivity index (χ2v) is 16.4. The van der Waals surface area contributed by atoms with Crippen LogP contribution in [0.5, 0.6) is 5.75 Å². The number of nitrogens with two attached hydrogens (primary N) is 1. The minimum atomic E-state index is -2.15. The SMILES string of the molecule is COc1cc(C(=NN)c2cccn(C(CO[Si](C)(C)C(C)(C)C)c3ccc(F)cc3)c2=O)ccc1-n1cnc(C)c1. The molecule has 0 aliphatic heterocycles. The fourth-order valence-electron chi connectivity index (χ4n) is 4.35. The van der Waals surface area contributed by atoms with Crippen LogP contribution >= 0.6 is 0 Å². The van der Waals surface area contributed by atoms with Gasteiger partial charge in [0.05, 0.1) is 43.0 Å². The summed E-state index contributed by atoms with van der Waals surface area (Å²) in [7, 11) is -0.573. The molecule has 0 aliphatic rings. The van der Waals surface area contributed by atoms with Crippen molar-refractivity contribution in [2.75, 3.05) is 13.7 Å². The van der Waals surface area contributed by atoms with E-state index in [1.165, 1.54) is 12.1 Å². The van der Waals surface area contributed by atoms with Gasteiger partial charge in [0.1, 0.15) is 17.3 Å². The molecule has 216 valence electrons. The molecule has 0 radical (unpaired) electrons. The maximum atomic E-state index is 14.1. The number of hydrogen-bond donors (Lipinski definition) is 1. The number of hydrazone groups is 1. The molecule has 0 aliphatic carbocycles. The zero-order valence-corrected chi connectivity index (χ0v) is 25.7. The minimum Gasteiger partial charge on any atom is -0.495 e. The highest BCUT2D eigenvalue weighted by Gasteiger charge is 2.38. The number of ether oxygens (including phenoxy) is 1. The third-order valence-corrected chi connectivity index (χ3v) is 12.3. The normalized spacial score (nSPS) is 13.3. The van der Waals surface area contributed by atoms with Crippen molar-refractivity contribution >= 4 is 14.0 Å². The zero-order chi connectivity index (χ0) is 29.9. The van der Waals surface area contributed by atoms with Crippen LogP contribution in [0.25, 0.3) is 5.69 Å². The van der Waals surface area contributed by atoms with Gasteiger partial charge in [0.25, 0.3) is 5.56 Å². The average Bonchev–Trinajstić information content (AvgIpc) is 3.36. The number of benzene rings is 2. The summed E-state index contributed by atoms with van der Waals surface area (Å²) in [5.74, 6) is 6.12. The molecule has 0 amide bonds. The van der Waals surface area contributed by atoms with Gasteiger partial charge < -0.3 is 24.1 Å². The number of methoxy groups -OCH3 is 1. The van der Waals surface area contributed by atoms with Crippen LogP contribution in [0.3, 0.4) is 0 Å². The zero-order valence-electron chi connectivity index (χ0n) is 24.7. The maximum absolute atomic E-state index is 14.1. The average molecular weight is 576 g/mol. The number of nitrogens with zero attached hydrogens (tertiary/aromatic N) is 4. The molecule has 0 fully saturated rings. The van der Waals surface area contributed by atoms with Crippen LogP contribution in [-0.2, 0) is 4.43 Å². The summed E-state index contributed by atoms with van der Waals surface area (Å²) in [6, 6.07) is 14.7. The Morgan fingerprint density at radius 2 is 1.85 bits per heavy atom. The largest absolute Gasteiger partial charge is 0.495 e. The Balaban J connectivity index is 1.77. The van der Waals surface area contributed by atoms with E-state index in [1.807, 2.05) is 29.8 Å². The highest BCUT2D eigenvalue weighted by Crippen LogP contribution is 2.37. The van der Waals surface area contributed by atoms with Gasteiger partial charge in [-0.3, -0.25) is 4.79 Å². The summed E-state index contributed by atoms with van der Waals surface area (Å²) in [6.07, 6.45) is 5.32. The Morgan fingerprint density at radius 1 is 1.15 bits per heavy atom. The first-order chi connectivity index (χ1) is 19.4.